The monoisotopic (exact) mass is 335 g/mol. The summed E-state index contributed by atoms with van der Waals surface area (Å²) >= 11 is 0. The molecule has 1 N–H and O–H groups in total. The Hall–Kier alpha value is -2.54. The first kappa shape index (κ1) is 16.8. The third kappa shape index (κ3) is 4.01. The number of carbonyl (C=O) groups is 1. The van der Waals surface area contributed by atoms with E-state index < -0.39 is 10.1 Å². The smallest absolute Gasteiger partial charge is 0.343 e. The molecule has 6 nitrogen and oxygen atoms in total. The first-order chi connectivity index (χ1) is 10.8. The van der Waals surface area contributed by atoms with Gasteiger partial charge in [-0.05, 0) is 36.8 Å². The van der Waals surface area contributed by atoms with Crippen LogP contribution in [0.2, 0.25) is 0 Å². The van der Waals surface area contributed by atoms with Gasteiger partial charge in [-0.15, -0.1) is 0 Å². The van der Waals surface area contributed by atoms with Crippen molar-refractivity contribution in [2.75, 3.05) is 12.4 Å². The fraction of sp³-hybridized carbons (Fsp3) is 0.188. The lowest BCUT2D eigenvalue weighted by Crippen LogP contribution is -2.14. The van der Waals surface area contributed by atoms with Crippen molar-refractivity contribution in [1.82, 2.24) is 0 Å². The van der Waals surface area contributed by atoms with E-state index in [0.717, 1.165) is 5.56 Å². The second kappa shape index (κ2) is 6.70. The predicted octanol–water partition coefficient (Wildman–Crippen LogP) is 2.73. The maximum atomic E-state index is 12.6. The minimum Gasteiger partial charge on any atom is -0.495 e. The largest absolute Gasteiger partial charge is 0.495 e. The first-order valence-electron chi connectivity index (χ1n) is 6.79. The molecule has 0 atom stereocenters. The number of amides is 1. The highest BCUT2D eigenvalue weighted by molar-refractivity contribution is 7.87. The lowest BCUT2D eigenvalue weighted by Gasteiger charge is -2.13. The fourth-order valence-electron chi connectivity index (χ4n) is 1.97. The molecule has 0 unspecified atom stereocenters. The maximum absolute atomic E-state index is 12.6. The average molecular weight is 335 g/mol. The molecule has 2 aromatic rings. The Balaban J connectivity index is 2.44. The Morgan fingerprint density at radius 1 is 1.09 bits per heavy atom. The van der Waals surface area contributed by atoms with Crippen molar-refractivity contribution >= 4 is 21.7 Å². The predicted molar refractivity (Wildman–Crippen MR) is 86.3 cm³/mol. The topological polar surface area (TPSA) is 81.7 Å². The van der Waals surface area contributed by atoms with Crippen LogP contribution >= 0.6 is 0 Å². The molecular formula is C16H17NO5S. The van der Waals surface area contributed by atoms with Crippen LogP contribution in [-0.2, 0) is 14.9 Å². The van der Waals surface area contributed by atoms with E-state index in [-0.39, 0.29) is 28.0 Å². The zero-order chi connectivity index (χ0) is 17.0. The molecule has 0 heterocycles. The van der Waals surface area contributed by atoms with Crippen molar-refractivity contribution in [3.8, 4) is 11.5 Å². The summed E-state index contributed by atoms with van der Waals surface area (Å²) in [6, 6.07) is 11.1. The summed E-state index contributed by atoms with van der Waals surface area (Å²) in [5.74, 6) is -0.106. The number of para-hydroxylation sites is 2. The van der Waals surface area contributed by atoms with Crippen LogP contribution in [0.1, 0.15) is 12.5 Å². The number of hydrogen-bond acceptors (Lipinski definition) is 5. The minimum absolute atomic E-state index is 0.0336. The summed E-state index contributed by atoms with van der Waals surface area (Å²) in [6.07, 6.45) is 0. The average Bonchev–Trinajstić information content (AvgIpc) is 2.48. The number of anilines is 1. The van der Waals surface area contributed by atoms with E-state index in [1.807, 2.05) is 0 Å². The number of ether oxygens (including phenoxy) is 1. The number of hydrogen-bond donors (Lipinski definition) is 1. The van der Waals surface area contributed by atoms with Gasteiger partial charge < -0.3 is 14.2 Å². The molecule has 2 aromatic carbocycles. The molecule has 0 aliphatic heterocycles. The number of rotatable bonds is 5. The molecule has 0 bridgehead atoms. The summed E-state index contributed by atoms with van der Waals surface area (Å²) in [5.41, 5.74) is 1.03. The molecule has 0 aromatic heterocycles. The standard InChI is InChI=1S/C16H17NO5S/c1-11-8-9-15(21-3)16(10-11)23(19,20)22-14-7-5-4-6-13(14)17-12(2)18/h4-10H,1-3H3,(H,17,18). The van der Waals surface area contributed by atoms with Gasteiger partial charge >= 0.3 is 10.1 Å². The Morgan fingerprint density at radius 3 is 2.43 bits per heavy atom. The molecule has 7 heteroatoms. The number of methoxy groups -OCH3 is 1. The normalized spacial score (nSPS) is 10.9. The van der Waals surface area contributed by atoms with E-state index in [2.05, 4.69) is 5.32 Å². The Kier molecular flexibility index (Phi) is 4.90. The zero-order valence-electron chi connectivity index (χ0n) is 13.0. The van der Waals surface area contributed by atoms with Crippen LogP contribution in [0, 0.1) is 6.92 Å². The van der Waals surface area contributed by atoms with Crippen molar-refractivity contribution < 1.29 is 22.1 Å². The molecule has 0 fully saturated rings. The van der Waals surface area contributed by atoms with Crippen LogP contribution in [0.5, 0.6) is 11.5 Å². The van der Waals surface area contributed by atoms with Crippen molar-refractivity contribution in [2.24, 2.45) is 0 Å². The molecule has 0 aliphatic carbocycles. The van der Waals surface area contributed by atoms with Crippen LogP contribution in [0.15, 0.2) is 47.4 Å². The van der Waals surface area contributed by atoms with E-state index in [9.17, 15) is 13.2 Å². The fourth-order valence-corrected chi connectivity index (χ4v) is 3.17. The Bertz CT molecular complexity index is 830. The summed E-state index contributed by atoms with van der Waals surface area (Å²) in [5, 5.41) is 2.53. The van der Waals surface area contributed by atoms with E-state index in [1.54, 1.807) is 37.3 Å². The molecular weight excluding hydrogens is 318 g/mol. The van der Waals surface area contributed by atoms with E-state index in [0.29, 0.717) is 0 Å². The van der Waals surface area contributed by atoms with Gasteiger partial charge in [-0.3, -0.25) is 4.79 Å². The molecule has 0 saturated heterocycles. The first-order valence-corrected chi connectivity index (χ1v) is 8.20. The number of nitrogens with one attached hydrogen (secondary N) is 1. The Labute approximate surface area is 135 Å². The van der Waals surface area contributed by atoms with Gasteiger partial charge in [0.05, 0.1) is 12.8 Å². The van der Waals surface area contributed by atoms with Crippen molar-refractivity contribution in [1.29, 1.82) is 0 Å². The lowest BCUT2D eigenvalue weighted by molar-refractivity contribution is -0.114. The van der Waals surface area contributed by atoms with Gasteiger partial charge in [0.25, 0.3) is 0 Å². The maximum Gasteiger partial charge on any atom is 0.343 e. The van der Waals surface area contributed by atoms with Crippen LogP contribution in [0.3, 0.4) is 0 Å². The number of carbonyl (C=O) groups excluding carboxylic acids is 1. The van der Waals surface area contributed by atoms with Gasteiger partial charge in [-0.25, -0.2) is 0 Å². The minimum atomic E-state index is -4.11. The van der Waals surface area contributed by atoms with Crippen LogP contribution < -0.4 is 14.2 Å². The molecule has 2 rings (SSSR count). The quantitative estimate of drug-likeness (QED) is 0.850. The van der Waals surface area contributed by atoms with Crippen molar-refractivity contribution in [3.05, 3.63) is 48.0 Å². The number of aryl methyl sites for hydroxylation is 1. The number of benzene rings is 2. The highest BCUT2D eigenvalue weighted by Crippen LogP contribution is 2.31. The highest BCUT2D eigenvalue weighted by atomic mass is 32.2. The molecule has 0 saturated carbocycles. The van der Waals surface area contributed by atoms with Gasteiger partial charge in [-0.2, -0.15) is 8.42 Å². The van der Waals surface area contributed by atoms with Gasteiger partial charge in [0.1, 0.15) is 10.6 Å². The molecule has 122 valence electrons. The van der Waals surface area contributed by atoms with Crippen LogP contribution in [0.25, 0.3) is 0 Å². The van der Waals surface area contributed by atoms with E-state index in [4.69, 9.17) is 8.92 Å². The van der Waals surface area contributed by atoms with Crippen molar-refractivity contribution in [2.45, 2.75) is 18.7 Å². The lowest BCUT2D eigenvalue weighted by atomic mass is 10.2. The molecule has 0 spiro atoms. The molecule has 0 aliphatic rings. The van der Waals surface area contributed by atoms with E-state index >= 15 is 0 Å². The summed E-state index contributed by atoms with van der Waals surface area (Å²) in [6.45, 7) is 3.10. The van der Waals surface area contributed by atoms with E-state index in [1.165, 1.54) is 26.2 Å². The zero-order valence-corrected chi connectivity index (χ0v) is 13.8. The van der Waals surface area contributed by atoms with Gasteiger partial charge in [-0.1, -0.05) is 18.2 Å². The van der Waals surface area contributed by atoms with Gasteiger partial charge in [0.15, 0.2) is 5.75 Å². The van der Waals surface area contributed by atoms with Crippen LogP contribution in [0.4, 0.5) is 5.69 Å². The summed E-state index contributed by atoms with van der Waals surface area (Å²) < 4.78 is 35.4. The highest BCUT2D eigenvalue weighted by Gasteiger charge is 2.23. The molecule has 0 radical (unpaired) electrons. The summed E-state index contributed by atoms with van der Waals surface area (Å²) in [7, 11) is -2.73. The second-order valence-electron chi connectivity index (χ2n) is 4.87. The summed E-state index contributed by atoms with van der Waals surface area (Å²) in [4.78, 5) is 11.1. The Morgan fingerprint density at radius 2 is 1.78 bits per heavy atom. The molecule has 23 heavy (non-hydrogen) atoms. The second-order valence-corrected chi connectivity index (χ2v) is 6.38. The third-order valence-electron chi connectivity index (χ3n) is 2.99. The SMILES string of the molecule is COc1ccc(C)cc1S(=O)(=O)Oc1ccccc1NC(C)=O. The molecule has 1 amide bonds. The van der Waals surface area contributed by atoms with Crippen molar-refractivity contribution in [3.63, 3.8) is 0 Å². The third-order valence-corrected chi connectivity index (χ3v) is 4.24. The van der Waals surface area contributed by atoms with Gasteiger partial charge in [0, 0.05) is 6.92 Å². The van der Waals surface area contributed by atoms with Crippen LogP contribution in [-0.4, -0.2) is 21.4 Å². The van der Waals surface area contributed by atoms with Gasteiger partial charge in [0.2, 0.25) is 5.91 Å².